The Bertz CT molecular complexity index is 843. The Morgan fingerprint density at radius 3 is 2.80 bits per heavy atom. The number of benzene rings is 1. The van der Waals surface area contributed by atoms with Crippen molar-refractivity contribution in [3.05, 3.63) is 53.8 Å². The van der Waals surface area contributed by atoms with E-state index in [9.17, 15) is 0 Å². The SMILES string of the molecule is CCNC(=NCc1ccnc2ccccc12)NCc1noc(C)n1.I. The van der Waals surface area contributed by atoms with Gasteiger partial charge in [-0.3, -0.25) is 4.98 Å². The lowest BCUT2D eigenvalue weighted by atomic mass is 10.1. The smallest absolute Gasteiger partial charge is 0.223 e. The van der Waals surface area contributed by atoms with Gasteiger partial charge in [-0.15, -0.1) is 24.0 Å². The highest BCUT2D eigenvalue weighted by molar-refractivity contribution is 14.0. The molecular weight excluding hydrogens is 431 g/mol. The highest BCUT2D eigenvalue weighted by Gasteiger charge is 2.05. The molecule has 0 saturated heterocycles. The van der Waals surface area contributed by atoms with Crippen molar-refractivity contribution in [1.29, 1.82) is 0 Å². The van der Waals surface area contributed by atoms with Crippen LogP contribution in [0.2, 0.25) is 0 Å². The van der Waals surface area contributed by atoms with Gasteiger partial charge >= 0.3 is 0 Å². The third kappa shape index (κ3) is 5.12. The van der Waals surface area contributed by atoms with Crippen LogP contribution in [0, 0.1) is 6.92 Å². The van der Waals surface area contributed by atoms with Gasteiger partial charge in [-0.1, -0.05) is 23.4 Å². The van der Waals surface area contributed by atoms with Crippen LogP contribution in [-0.2, 0) is 13.1 Å². The van der Waals surface area contributed by atoms with E-state index in [1.165, 1.54) is 0 Å². The maximum Gasteiger partial charge on any atom is 0.223 e. The van der Waals surface area contributed by atoms with Crippen LogP contribution < -0.4 is 10.6 Å². The van der Waals surface area contributed by atoms with E-state index in [0.29, 0.717) is 30.8 Å². The maximum absolute atomic E-state index is 4.97. The predicted molar refractivity (Wildman–Crippen MR) is 108 cm³/mol. The average Bonchev–Trinajstić information content (AvgIpc) is 3.03. The topological polar surface area (TPSA) is 88.2 Å². The highest BCUT2D eigenvalue weighted by atomic mass is 127. The minimum absolute atomic E-state index is 0. The number of hydrogen-bond donors (Lipinski definition) is 2. The Morgan fingerprint density at radius 2 is 2.04 bits per heavy atom. The standard InChI is InChI=1S/C17H20N6O.HI/c1-3-18-17(21-11-16-22-12(2)24-23-16)20-10-13-8-9-19-15-7-5-4-6-14(13)15;/h4-9H,3,10-11H2,1-2H3,(H2,18,20,21);1H. The summed E-state index contributed by atoms with van der Waals surface area (Å²) in [5.41, 5.74) is 2.11. The first-order chi connectivity index (χ1) is 11.8. The number of aliphatic imine (C=N–C) groups is 1. The second kappa shape index (κ2) is 9.30. The van der Waals surface area contributed by atoms with E-state index < -0.39 is 0 Å². The molecule has 25 heavy (non-hydrogen) atoms. The van der Waals surface area contributed by atoms with E-state index >= 15 is 0 Å². The number of aryl methyl sites for hydroxylation is 1. The number of fused-ring (bicyclic) bond motifs is 1. The summed E-state index contributed by atoms with van der Waals surface area (Å²) in [6.07, 6.45) is 1.82. The molecule has 0 amide bonds. The van der Waals surface area contributed by atoms with Crippen LogP contribution >= 0.6 is 24.0 Å². The van der Waals surface area contributed by atoms with Gasteiger partial charge in [0.15, 0.2) is 11.8 Å². The number of rotatable bonds is 5. The molecule has 8 heteroatoms. The average molecular weight is 452 g/mol. The molecule has 0 bridgehead atoms. The van der Waals surface area contributed by atoms with Gasteiger partial charge in [0.25, 0.3) is 0 Å². The molecule has 0 atom stereocenters. The fourth-order valence-corrected chi connectivity index (χ4v) is 2.37. The van der Waals surface area contributed by atoms with Gasteiger partial charge in [-0.2, -0.15) is 4.98 Å². The Labute approximate surface area is 163 Å². The van der Waals surface area contributed by atoms with Crippen molar-refractivity contribution in [2.45, 2.75) is 26.9 Å². The van der Waals surface area contributed by atoms with Crippen molar-refractivity contribution in [3.63, 3.8) is 0 Å². The molecule has 2 heterocycles. The van der Waals surface area contributed by atoms with Crippen LogP contribution in [0.1, 0.15) is 24.2 Å². The summed E-state index contributed by atoms with van der Waals surface area (Å²) in [6.45, 7) is 5.58. The zero-order chi connectivity index (χ0) is 16.8. The summed E-state index contributed by atoms with van der Waals surface area (Å²) in [6, 6.07) is 10.1. The van der Waals surface area contributed by atoms with Crippen molar-refractivity contribution < 1.29 is 4.52 Å². The van der Waals surface area contributed by atoms with Gasteiger partial charge in [0.2, 0.25) is 5.89 Å². The molecule has 3 rings (SSSR count). The molecule has 0 aliphatic carbocycles. The van der Waals surface area contributed by atoms with Gasteiger partial charge in [-0.25, -0.2) is 4.99 Å². The molecule has 0 aliphatic heterocycles. The normalized spacial score (nSPS) is 11.2. The molecule has 0 radical (unpaired) electrons. The van der Waals surface area contributed by atoms with E-state index in [2.05, 4.69) is 36.8 Å². The van der Waals surface area contributed by atoms with Gasteiger partial charge in [-0.05, 0) is 24.6 Å². The van der Waals surface area contributed by atoms with E-state index in [1.54, 1.807) is 6.92 Å². The summed E-state index contributed by atoms with van der Waals surface area (Å²) < 4.78 is 4.97. The first-order valence-corrected chi connectivity index (χ1v) is 7.90. The molecule has 3 aromatic rings. The van der Waals surface area contributed by atoms with E-state index in [4.69, 9.17) is 4.52 Å². The van der Waals surface area contributed by atoms with Gasteiger partial charge in [0.1, 0.15) is 0 Å². The number of halogens is 1. The minimum atomic E-state index is 0. The fourth-order valence-electron chi connectivity index (χ4n) is 2.37. The quantitative estimate of drug-likeness (QED) is 0.352. The number of aromatic nitrogens is 3. The first-order valence-electron chi connectivity index (χ1n) is 7.90. The van der Waals surface area contributed by atoms with Crippen molar-refractivity contribution in [3.8, 4) is 0 Å². The number of para-hydroxylation sites is 1. The van der Waals surface area contributed by atoms with E-state index in [1.807, 2.05) is 37.4 Å². The molecular formula is C17H21IN6O. The Morgan fingerprint density at radius 1 is 1.20 bits per heavy atom. The van der Waals surface area contributed by atoms with Crippen LogP contribution in [0.15, 0.2) is 46.0 Å². The van der Waals surface area contributed by atoms with Crippen LogP contribution in [0.25, 0.3) is 10.9 Å². The minimum Gasteiger partial charge on any atom is -0.357 e. The van der Waals surface area contributed by atoms with Gasteiger partial charge in [0.05, 0.1) is 18.6 Å². The monoisotopic (exact) mass is 452 g/mol. The molecule has 2 aromatic heterocycles. The fraction of sp³-hybridized carbons (Fsp3) is 0.294. The van der Waals surface area contributed by atoms with Gasteiger partial charge in [0, 0.05) is 25.1 Å². The Kier molecular flexibility index (Phi) is 7.11. The van der Waals surface area contributed by atoms with Gasteiger partial charge < -0.3 is 15.2 Å². The van der Waals surface area contributed by atoms with Crippen LogP contribution in [-0.4, -0.2) is 27.6 Å². The van der Waals surface area contributed by atoms with Crippen molar-refractivity contribution >= 4 is 40.8 Å². The summed E-state index contributed by atoms with van der Waals surface area (Å²) in [7, 11) is 0. The van der Waals surface area contributed by atoms with Crippen molar-refractivity contribution in [2.24, 2.45) is 4.99 Å². The number of guanidine groups is 1. The second-order valence-corrected chi connectivity index (χ2v) is 5.27. The number of hydrogen-bond acceptors (Lipinski definition) is 5. The second-order valence-electron chi connectivity index (χ2n) is 5.27. The molecule has 0 saturated carbocycles. The highest BCUT2D eigenvalue weighted by Crippen LogP contribution is 2.16. The molecule has 0 aliphatic rings. The molecule has 7 nitrogen and oxygen atoms in total. The third-order valence-electron chi connectivity index (χ3n) is 3.47. The van der Waals surface area contributed by atoms with E-state index in [-0.39, 0.29) is 24.0 Å². The summed E-state index contributed by atoms with van der Waals surface area (Å²) in [4.78, 5) is 13.2. The lowest BCUT2D eigenvalue weighted by molar-refractivity contribution is 0.387. The molecule has 132 valence electrons. The molecule has 0 spiro atoms. The number of nitrogens with zero attached hydrogens (tertiary/aromatic N) is 4. The maximum atomic E-state index is 4.97. The lowest BCUT2D eigenvalue weighted by Crippen LogP contribution is -2.37. The summed E-state index contributed by atoms with van der Waals surface area (Å²) in [5, 5.41) is 11.4. The number of nitrogens with one attached hydrogen (secondary N) is 2. The zero-order valence-corrected chi connectivity index (χ0v) is 16.5. The third-order valence-corrected chi connectivity index (χ3v) is 3.47. The lowest BCUT2D eigenvalue weighted by Gasteiger charge is -2.10. The molecule has 0 unspecified atom stereocenters. The summed E-state index contributed by atoms with van der Waals surface area (Å²) in [5.74, 6) is 1.87. The Balaban J connectivity index is 0.00000225. The largest absolute Gasteiger partial charge is 0.357 e. The molecule has 2 N–H and O–H groups in total. The van der Waals surface area contributed by atoms with E-state index in [0.717, 1.165) is 23.0 Å². The van der Waals surface area contributed by atoms with Crippen LogP contribution in [0.5, 0.6) is 0 Å². The molecule has 1 aromatic carbocycles. The molecule has 0 fully saturated rings. The van der Waals surface area contributed by atoms with Crippen molar-refractivity contribution in [1.82, 2.24) is 25.8 Å². The Hall–Kier alpha value is -2.23. The van der Waals surface area contributed by atoms with Crippen LogP contribution in [0.3, 0.4) is 0 Å². The first kappa shape index (κ1) is 19.1. The van der Waals surface area contributed by atoms with Crippen molar-refractivity contribution in [2.75, 3.05) is 6.54 Å². The summed E-state index contributed by atoms with van der Waals surface area (Å²) >= 11 is 0. The number of pyridine rings is 1. The zero-order valence-electron chi connectivity index (χ0n) is 14.2. The van der Waals surface area contributed by atoms with Crippen LogP contribution in [0.4, 0.5) is 0 Å². The predicted octanol–water partition coefficient (Wildman–Crippen LogP) is 2.80.